The summed E-state index contributed by atoms with van der Waals surface area (Å²) in [6.07, 6.45) is 7.87. The van der Waals surface area contributed by atoms with Crippen molar-refractivity contribution >= 4 is 5.97 Å². The number of carboxylic acid groups (broad SMARTS) is 1. The molecule has 1 aliphatic rings. The van der Waals surface area contributed by atoms with Crippen LogP contribution < -0.4 is 0 Å². The molecule has 0 radical (unpaired) electrons. The molecule has 1 rings (SSSR count). The second kappa shape index (κ2) is 4.29. The minimum Gasteiger partial charge on any atom is -0.481 e. The summed E-state index contributed by atoms with van der Waals surface area (Å²) in [5.74, 6) is -0.164. The smallest absolute Gasteiger partial charge is 0.306 e. The first-order chi connectivity index (χ1) is 5.70. The number of rotatable bonds is 1. The predicted octanol–water partition coefficient (Wildman–Crippen LogP) is 2.45. The Bertz CT molecular complexity index is 184. The Kier molecular flexibility index (Phi) is 3.32. The Morgan fingerprint density at radius 3 is 2.92 bits per heavy atom. The molecule has 2 unspecified atom stereocenters. The van der Waals surface area contributed by atoms with Gasteiger partial charge in [0, 0.05) is 0 Å². The highest BCUT2D eigenvalue weighted by molar-refractivity contribution is 5.70. The van der Waals surface area contributed by atoms with Crippen LogP contribution in [0.15, 0.2) is 12.2 Å². The van der Waals surface area contributed by atoms with Crippen LogP contribution in [0.25, 0.3) is 0 Å². The van der Waals surface area contributed by atoms with Crippen molar-refractivity contribution in [3.05, 3.63) is 12.2 Å². The zero-order valence-corrected chi connectivity index (χ0v) is 7.49. The Morgan fingerprint density at radius 1 is 1.50 bits per heavy atom. The molecule has 2 nitrogen and oxygen atoms in total. The van der Waals surface area contributed by atoms with Gasteiger partial charge in [0.25, 0.3) is 0 Å². The normalized spacial score (nSPS) is 33.4. The molecule has 2 atom stereocenters. The monoisotopic (exact) mass is 168 g/mol. The highest BCUT2D eigenvalue weighted by Crippen LogP contribution is 2.20. The second-order valence-corrected chi connectivity index (χ2v) is 3.61. The lowest BCUT2D eigenvalue weighted by Crippen LogP contribution is -2.14. The average molecular weight is 168 g/mol. The van der Waals surface area contributed by atoms with Crippen LogP contribution in [0.2, 0.25) is 0 Å². The topological polar surface area (TPSA) is 37.3 Å². The van der Waals surface area contributed by atoms with Gasteiger partial charge in [-0.2, -0.15) is 0 Å². The standard InChI is InChI=1S/C10H16O2/c1-8-4-2-6-9(10(11)12)7-3-5-8/h2,4,8-9H,3,5-7H2,1H3,(H,11,12)/b4-2+. The molecule has 0 bridgehead atoms. The lowest BCUT2D eigenvalue weighted by molar-refractivity contribution is -0.141. The van der Waals surface area contributed by atoms with Crippen LogP contribution in [0.1, 0.15) is 32.6 Å². The summed E-state index contributed by atoms with van der Waals surface area (Å²) >= 11 is 0. The summed E-state index contributed by atoms with van der Waals surface area (Å²) in [5, 5.41) is 8.79. The molecule has 0 fully saturated rings. The van der Waals surface area contributed by atoms with Gasteiger partial charge < -0.3 is 5.11 Å². The van der Waals surface area contributed by atoms with Crippen molar-refractivity contribution in [2.75, 3.05) is 0 Å². The van der Waals surface area contributed by atoms with Gasteiger partial charge in [-0.1, -0.05) is 25.5 Å². The summed E-state index contributed by atoms with van der Waals surface area (Å²) < 4.78 is 0. The first kappa shape index (κ1) is 9.30. The van der Waals surface area contributed by atoms with Crippen LogP contribution in [0.5, 0.6) is 0 Å². The highest BCUT2D eigenvalue weighted by atomic mass is 16.4. The van der Waals surface area contributed by atoms with E-state index >= 15 is 0 Å². The van der Waals surface area contributed by atoms with Crippen molar-refractivity contribution in [3.63, 3.8) is 0 Å². The lowest BCUT2D eigenvalue weighted by atomic mass is 9.91. The third kappa shape index (κ3) is 2.68. The van der Waals surface area contributed by atoms with Crippen molar-refractivity contribution in [2.45, 2.75) is 32.6 Å². The molecule has 2 heteroatoms. The van der Waals surface area contributed by atoms with E-state index in [9.17, 15) is 4.79 Å². The van der Waals surface area contributed by atoms with E-state index < -0.39 is 5.97 Å². The fourth-order valence-electron chi connectivity index (χ4n) is 1.60. The van der Waals surface area contributed by atoms with Crippen molar-refractivity contribution in [2.24, 2.45) is 11.8 Å². The van der Waals surface area contributed by atoms with Crippen LogP contribution in [-0.4, -0.2) is 11.1 Å². The average Bonchev–Trinajstić information content (AvgIpc) is 1.95. The molecule has 0 heterocycles. The van der Waals surface area contributed by atoms with Crippen LogP contribution in [-0.2, 0) is 4.79 Å². The molecule has 12 heavy (non-hydrogen) atoms. The Hall–Kier alpha value is -0.790. The minimum absolute atomic E-state index is 0.145. The zero-order valence-electron chi connectivity index (χ0n) is 7.49. The Morgan fingerprint density at radius 2 is 2.25 bits per heavy atom. The fraction of sp³-hybridized carbons (Fsp3) is 0.700. The van der Waals surface area contributed by atoms with E-state index in [1.165, 1.54) is 0 Å². The number of allylic oxidation sites excluding steroid dienone is 2. The SMILES string of the molecule is CC1/C=C/CC(C(=O)O)CCC1. The molecule has 1 N–H and O–H groups in total. The van der Waals surface area contributed by atoms with Crippen molar-refractivity contribution in [1.82, 2.24) is 0 Å². The number of aliphatic carboxylic acids is 1. The molecule has 0 spiro atoms. The Balaban J connectivity index is 2.50. The van der Waals surface area contributed by atoms with Gasteiger partial charge in [0.15, 0.2) is 0 Å². The number of hydrogen-bond acceptors (Lipinski definition) is 1. The molecule has 0 aromatic rings. The summed E-state index contributed by atoms with van der Waals surface area (Å²) in [6, 6.07) is 0. The maximum absolute atomic E-state index is 10.7. The van der Waals surface area contributed by atoms with Crippen molar-refractivity contribution < 1.29 is 9.90 Å². The summed E-state index contributed by atoms with van der Waals surface area (Å²) in [7, 11) is 0. The van der Waals surface area contributed by atoms with Gasteiger partial charge in [0.05, 0.1) is 5.92 Å². The highest BCUT2D eigenvalue weighted by Gasteiger charge is 2.17. The minimum atomic E-state index is -0.644. The van der Waals surface area contributed by atoms with Gasteiger partial charge in [-0.3, -0.25) is 4.79 Å². The van der Waals surface area contributed by atoms with Crippen molar-refractivity contribution in [1.29, 1.82) is 0 Å². The largest absolute Gasteiger partial charge is 0.481 e. The number of carboxylic acids is 1. The lowest BCUT2D eigenvalue weighted by Gasteiger charge is -2.14. The number of carbonyl (C=O) groups is 1. The molecule has 0 saturated heterocycles. The molecular formula is C10H16O2. The Labute approximate surface area is 73.3 Å². The molecule has 0 aromatic heterocycles. The first-order valence-corrected chi connectivity index (χ1v) is 4.59. The first-order valence-electron chi connectivity index (χ1n) is 4.59. The van der Waals surface area contributed by atoms with Crippen LogP contribution in [0.4, 0.5) is 0 Å². The van der Waals surface area contributed by atoms with E-state index in [2.05, 4.69) is 13.0 Å². The molecule has 1 aliphatic carbocycles. The molecule has 0 amide bonds. The zero-order chi connectivity index (χ0) is 8.97. The van der Waals surface area contributed by atoms with E-state index in [0.29, 0.717) is 12.3 Å². The van der Waals surface area contributed by atoms with E-state index in [1.807, 2.05) is 6.08 Å². The van der Waals surface area contributed by atoms with Crippen LogP contribution in [0, 0.1) is 11.8 Å². The van der Waals surface area contributed by atoms with Crippen LogP contribution in [0.3, 0.4) is 0 Å². The third-order valence-corrected chi connectivity index (χ3v) is 2.45. The van der Waals surface area contributed by atoms with Gasteiger partial charge in [0.1, 0.15) is 0 Å². The summed E-state index contributed by atoms with van der Waals surface area (Å²) in [4.78, 5) is 10.7. The summed E-state index contributed by atoms with van der Waals surface area (Å²) in [6.45, 7) is 2.18. The molecule has 68 valence electrons. The van der Waals surface area contributed by atoms with E-state index in [4.69, 9.17) is 5.11 Å². The van der Waals surface area contributed by atoms with E-state index in [0.717, 1.165) is 19.3 Å². The van der Waals surface area contributed by atoms with Gasteiger partial charge in [-0.05, 0) is 25.2 Å². The van der Waals surface area contributed by atoms with Gasteiger partial charge in [-0.15, -0.1) is 0 Å². The van der Waals surface area contributed by atoms with E-state index in [-0.39, 0.29) is 5.92 Å². The molecule has 0 aliphatic heterocycles. The van der Waals surface area contributed by atoms with Crippen molar-refractivity contribution in [3.8, 4) is 0 Å². The molecular weight excluding hydrogens is 152 g/mol. The quantitative estimate of drug-likeness (QED) is 0.610. The predicted molar refractivity (Wildman–Crippen MR) is 47.9 cm³/mol. The fourth-order valence-corrected chi connectivity index (χ4v) is 1.60. The number of hydrogen-bond donors (Lipinski definition) is 1. The van der Waals surface area contributed by atoms with E-state index in [1.54, 1.807) is 0 Å². The van der Waals surface area contributed by atoms with Gasteiger partial charge >= 0.3 is 5.97 Å². The summed E-state index contributed by atoms with van der Waals surface area (Å²) in [5.41, 5.74) is 0. The van der Waals surface area contributed by atoms with Gasteiger partial charge in [0.2, 0.25) is 0 Å². The molecule has 0 saturated carbocycles. The second-order valence-electron chi connectivity index (χ2n) is 3.61. The van der Waals surface area contributed by atoms with Crippen LogP contribution >= 0.6 is 0 Å². The molecule has 0 aromatic carbocycles. The van der Waals surface area contributed by atoms with Gasteiger partial charge in [-0.25, -0.2) is 0 Å². The maximum atomic E-state index is 10.7. The third-order valence-electron chi connectivity index (χ3n) is 2.45. The maximum Gasteiger partial charge on any atom is 0.306 e.